The fraction of sp³-hybridized carbons (Fsp3) is 0.818. The monoisotopic (exact) mass is 262 g/mol. The Hall–Kier alpha value is -1.34. The van der Waals surface area contributed by atoms with Gasteiger partial charge < -0.3 is 24.8 Å². The Morgan fingerprint density at radius 3 is 2.11 bits per heavy atom. The van der Waals surface area contributed by atoms with Crippen molar-refractivity contribution < 1.29 is 24.2 Å². The Morgan fingerprint density at radius 1 is 1.22 bits per heavy atom. The van der Waals surface area contributed by atoms with Crippen LogP contribution >= 0.6 is 0 Å². The molecule has 1 atom stereocenters. The van der Waals surface area contributed by atoms with Crippen molar-refractivity contribution in [2.24, 2.45) is 0 Å². The molecule has 1 unspecified atom stereocenters. The Labute approximate surface area is 107 Å². The standard InChI is InChI=1S/C11H22N2O5/c1-9(8-10(14)15)12-11(16)13(4-6-17-2)5-7-18-3/h9H,4-8H2,1-3H3,(H,12,16)(H,14,15). The molecule has 0 spiro atoms. The average Bonchev–Trinajstić information content (AvgIpc) is 2.27. The van der Waals surface area contributed by atoms with Crippen LogP contribution in [0.1, 0.15) is 13.3 Å². The van der Waals surface area contributed by atoms with Crippen molar-refractivity contribution in [1.82, 2.24) is 10.2 Å². The van der Waals surface area contributed by atoms with E-state index >= 15 is 0 Å². The number of amides is 2. The van der Waals surface area contributed by atoms with E-state index in [1.54, 1.807) is 21.1 Å². The summed E-state index contributed by atoms with van der Waals surface area (Å²) in [7, 11) is 3.11. The first-order valence-corrected chi connectivity index (χ1v) is 5.76. The number of nitrogens with zero attached hydrogens (tertiary/aromatic N) is 1. The number of nitrogens with one attached hydrogen (secondary N) is 1. The van der Waals surface area contributed by atoms with Gasteiger partial charge in [0.2, 0.25) is 0 Å². The molecule has 18 heavy (non-hydrogen) atoms. The minimum atomic E-state index is -0.942. The van der Waals surface area contributed by atoms with Crippen molar-refractivity contribution in [3.63, 3.8) is 0 Å². The van der Waals surface area contributed by atoms with Crippen LogP contribution in [0.3, 0.4) is 0 Å². The number of aliphatic carboxylic acids is 1. The molecule has 0 saturated heterocycles. The predicted molar refractivity (Wildman–Crippen MR) is 65.6 cm³/mol. The number of methoxy groups -OCH3 is 2. The molecular formula is C11H22N2O5. The second kappa shape index (κ2) is 9.67. The molecule has 0 fully saturated rings. The summed E-state index contributed by atoms with van der Waals surface area (Å²) in [6, 6.07) is -0.722. The summed E-state index contributed by atoms with van der Waals surface area (Å²) in [6.45, 7) is 3.36. The number of hydrogen-bond acceptors (Lipinski definition) is 4. The summed E-state index contributed by atoms with van der Waals surface area (Å²) in [5, 5.41) is 11.2. The van der Waals surface area contributed by atoms with Crippen molar-refractivity contribution in [1.29, 1.82) is 0 Å². The van der Waals surface area contributed by atoms with Gasteiger partial charge >= 0.3 is 12.0 Å². The van der Waals surface area contributed by atoms with E-state index in [0.717, 1.165) is 0 Å². The summed E-state index contributed by atoms with van der Waals surface area (Å²) >= 11 is 0. The third-order valence-electron chi connectivity index (χ3n) is 2.27. The van der Waals surface area contributed by atoms with Crippen LogP contribution in [-0.2, 0) is 14.3 Å². The molecule has 0 aromatic rings. The molecule has 0 aromatic heterocycles. The second-order valence-electron chi connectivity index (χ2n) is 3.92. The first-order chi connectivity index (χ1) is 8.51. The third kappa shape index (κ3) is 7.86. The number of hydrogen-bond donors (Lipinski definition) is 2. The predicted octanol–water partition coefficient (Wildman–Crippen LogP) is 0.154. The quantitative estimate of drug-likeness (QED) is 0.617. The van der Waals surface area contributed by atoms with Gasteiger partial charge in [0.05, 0.1) is 19.6 Å². The van der Waals surface area contributed by atoms with E-state index in [1.165, 1.54) is 4.90 Å². The highest BCUT2D eigenvalue weighted by Gasteiger charge is 2.16. The van der Waals surface area contributed by atoms with E-state index in [9.17, 15) is 9.59 Å². The molecule has 0 rings (SSSR count). The maximum Gasteiger partial charge on any atom is 0.317 e. The molecule has 7 heteroatoms. The van der Waals surface area contributed by atoms with Gasteiger partial charge in [0.15, 0.2) is 0 Å². The zero-order valence-corrected chi connectivity index (χ0v) is 11.1. The highest BCUT2D eigenvalue weighted by atomic mass is 16.5. The molecule has 106 valence electrons. The molecular weight excluding hydrogens is 240 g/mol. The summed E-state index contributed by atoms with van der Waals surface area (Å²) in [5.41, 5.74) is 0. The fourth-order valence-electron chi connectivity index (χ4n) is 1.33. The zero-order valence-electron chi connectivity index (χ0n) is 11.1. The van der Waals surface area contributed by atoms with Crippen molar-refractivity contribution in [3.05, 3.63) is 0 Å². The van der Waals surface area contributed by atoms with Crippen molar-refractivity contribution >= 4 is 12.0 Å². The van der Waals surface area contributed by atoms with E-state index in [0.29, 0.717) is 26.3 Å². The minimum Gasteiger partial charge on any atom is -0.481 e. The Kier molecular flexibility index (Phi) is 8.95. The Balaban J connectivity index is 4.21. The number of rotatable bonds is 9. The summed E-state index contributed by atoms with van der Waals surface area (Å²) in [5.74, 6) is -0.942. The van der Waals surface area contributed by atoms with Crippen molar-refractivity contribution in [2.75, 3.05) is 40.5 Å². The second-order valence-corrected chi connectivity index (χ2v) is 3.92. The van der Waals surface area contributed by atoms with Crippen LogP contribution in [0.4, 0.5) is 4.79 Å². The maximum absolute atomic E-state index is 11.9. The first-order valence-electron chi connectivity index (χ1n) is 5.76. The molecule has 0 radical (unpaired) electrons. The summed E-state index contributed by atoms with van der Waals surface area (Å²) in [6.07, 6.45) is -0.103. The van der Waals surface area contributed by atoms with Crippen molar-refractivity contribution in [3.8, 4) is 0 Å². The molecule has 0 aliphatic carbocycles. The number of ether oxygens (including phenoxy) is 2. The molecule has 0 aliphatic rings. The van der Waals surface area contributed by atoms with Crippen LogP contribution in [0.15, 0.2) is 0 Å². The topological polar surface area (TPSA) is 88.1 Å². The zero-order chi connectivity index (χ0) is 14.0. The van der Waals surface area contributed by atoms with Crippen LogP contribution in [0, 0.1) is 0 Å². The largest absolute Gasteiger partial charge is 0.481 e. The summed E-state index contributed by atoms with van der Waals surface area (Å²) < 4.78 is 9.83. The lowest BCUT2D eigenvalue weighted by Crippen LogP contribution is -2.46. The van der Waals surface area contributed by atoms with Crippen LogP contribution in [-0.4, -0.2) is 68.6 Å². The van der Waals surface area contributed by atoms with Crippen LogP contribution in [0.5, 0.6) is 0 Å². The van der Waals surface area contributed by atoms with Gasteiger partial charge in [0.25, 0.3) is 0 Å². The molecule has 7 nitrogen and oxygen atoms in total. The SMILES string of the molecule is COCCN(CCOC)C(=O)NC(C)CC(=O)O. The van der Waals surface area contributed by atoms with Gasteiger partial charge in [-0.1, -0.05) is 0 Å². The van der Waals surface area contributed by atoms with Gasteiger partial charge in [0, 0.05) is 33.4 Å². The molecule has 0 bridgehead atoms. The summed E-state index contributed by atoms with van der Waals surface area (Å²) in [4.78, 5) is 23.9. The minimum absolute atomic E-state index is 0.103. The van der Waals surface area contributed by atoms with Crippen molar-refractivity contribution in [2.45, 2.75) is 19.4 Å². The fourth-order valence-corrected chi connectivity index (χ4v) is 1.33. The van der Waals surface area contributed by atoms with Gasteiger partial charge in [-0.05, 0) is 6.92 Å². The molecule has 2 N–H and O–H groups in total. The molecule has 0 aliphatic heterocycles. The maximum atomic E-state index is 11.9. The smallest absolute Gasteiger partial charge is 0.317 e. The lowest BCUT2D eigenvalue weighted by molar-refractivity contribution is -0.137. The number of carboxylic acid groups (broad SMARTS) is 1. The van der Waals surface area contributed by atoms with Gasteiger partial charge in [0.1, 0.15) is 0 Å². The Morgan fingerprint density at radius 2 is 1.72 bits per heavy atom. The van der Waals surface area contributed by atoms with E-state index in [4.69, 9.17) is 14.6 Å². The number of carbonyl (C=O) groups excluding carboxylic acids is 1. The lowest BCUT2D eigenvalue weighted by Gasteiger charge is -2.24. The highest BCUT2D eigenvalue weighted by Crippen LogP contribution is 1.96. The van der Waals surface area contributed by atoms with E-state index < -0.39 is 12.0 Å². The first kappa shape index (κ1) is 16.7. The number of carboxylic acids is 1. The number of carbonyl (C=O) groups is 2. The molecule has 0 aromatic carbocycles. The number of urea groups is 1. The van der Waals surface area contributed by atoms with E-state index in [-0.39, 0.29) is 12.5 Å². The molecule has 0 saturated carbocycles. The van der Waals surface area contributed by atoms with Gasteiger partial charge in [-0.3, -0.25) is 4.79 Å². The molecule has 2 amide bonds. The lowest BCUT2D eigenvalue weighted by atomic mass is 10.2. The average molecular weight is 262 g/mol. The van der Waals surface area contributed by atoms with Crippen LogP contribution < -0.4 is 5.32 Å². The third-order valence-corrected chi connectivity index (χ3v) is 2.27. The van der Waals surface area contributed by atoms with Gasteiger partial charge in [-0.15, -0.1) is 0 Å². The van der Waals surface area contributed by atoms with E-state index in [2.05, 4.69) is 5.32 Å². The van der Waals surface area contributed by atoms with Gasteiger partial charge in [-0.25, -0.2) is 4.79 Å². The van der Waals surface area contributed by atoms with Crippen LogP contribution in [0.2, 0.25) is 0 Å². The van der Waals surface area contributed by atoms with Crippen LogP contribution in [0.25, 0.3) is 0 Å². The highest BCUT2D eigenvalue weighted by molar-refractivity contribution is 5.75. The van der Waals surface area contributed by atoms with Gasteiger partial charge in [-0.2, -0.15) is 0 Å². The normalized spacial score (nSPS) is 11.9. The molecule has 0 heterocycles. The Bertz CT molecular complexity index is 252. The van der Waals surface area contributed by atoms with E-state index in [1.807, 2.05) is 0 Å².